The molecule has 2 heterocycles. The molecule has 214 valence electrons. The van der Waals surface area contributed by atoms with Crippen LogP contribution in [0.15, 0.2) is 103 Å². The van der Waals surface area contributed by atoms with Crippen LogP contribution in [0.2, 0.25) is 0 Å². The average molecular weight is 568 g/mol. The van der Waals surface area contributed by atoms with E-state index in [9.17, 15) is 14.4 Å². The van der Waals surface area contributed by atoms with E-state index in [2.05, 4.69) is 18.7 Å². The number of para-hydroxylation sites is 1. The SMILES string of the molecule is COc1ccc([C@@H]2[C@@H](C(=O)c3ccc(CC(C)C)cc3)N3c4ccccc4C=C[C@@H]3C23C(=O)c2ccccc2C3=O)cc1. The van der Waals surface area contributed by atoms with Gasteiger partial charge in [0.05, 0.1) is 13.2 Å². The highest BCUT2D eigenvalue weighted by Crippen LogP contribution is 2.61. The number of carbonyl (C=O) groups excluding carboxylic acids is 3. The molecule has 0 radical (unpaired) electrons. The van der Waals surface area contributed by atoms with Crippen LogP contribution >= 0.6 is 0 Å². The Morgan fingerprint density at radius 1 is 0.837 bits per heavy atom. The van der Waals surface area contributed by atoms with E-state index in [4.69, 9.17) is 4.74 Å². The minimum atomic E-state index is -1.51. The first-order valence-corrected chi connectivity index (χ1v) is 14.9. The Morgan fingerprint density at radius 2 is 1.47 bits per heavy atom. The lowest BCUT2D eigenvalue weighted by Gasteiger charge is -2.37. The third-order valence-corrected chi connectivity index (χ3v) is 9.34. The van der Waals surface area contributed by atoms with Crippen LogP contribution in [0.4, 0.5) is 5.69 Å². The van der Waals surface area contributed by atoms with E-state index in [0.717, 1.165) is 23.2 Å². The van der Waals surface area contributed by atoms with Gasteiger partial charge in [-0.25, -0.2) is 0 Å². The van der Waals surface area contributed by atoms with E-state index < -0.39 is 23.4 Å². The third-order valence-electron chi connectivity index (χ3n) is 9.34. The van der Waals surface area contributed by atoms with Gasteiger partial charge in [-0.1, -0.05) is 105 Å². The number of anilines is 1. The van der Waals surface area contributed by atoms with Gasteiger partial charge in [0.1, 0.15) is 17.2 Å². The fraction of sp³-hybridized carbons (Fsp3) is 0.237. The molecule has 3 aliphatic rings. The minimum absolute atomic E-state index is 0.111. The van der Waals surface area contributed by atoms with Crippen molar-refractivity contribution in [2.45, 2.75) is 38.3 Å². The number of ketones is 3. The number of rotatable bonds is 6. The molecule has 5 nitrogen and oxygen atoms in total. The lowest BCUT2D eigenvalue weighted by atomic mass is 9.64. The number of methoxy groups -OCH3 is 1. The molecule has 43 heavy (non-hydrogen) atoms. The first kappa shape index (κ1) is 27.1. The topological polar surface area (TPSA) is 63.7 Å². The Balaban J connectivity index is 1.48. The number of hydrogen-bond donors (Lipinski definition) is 0. The van der Waals surface area contributed by atoms with Crippen LogP contribution in [0.25, 0.3) is 6.08 Å². The van der Waals surface area contributed by atoms with Crippen molar-refractivity contribution in [3.63, 3.8) is 0 Å². The quantitative estimate of drug-likeness (QED) is 0.182. The summed E-state index contributed by atoms with van der Waals surface area (Å²) in [5, 5.41) is 0. The number of hydrogen-bond acceptors (Lipinski definition) is 5. The highest BCUT2D eigenvalue weighted by Gasteiger charge is 2.71. The summed E-state index contributed by atoms with van der Waals surface area (Å²) in [4.78, 5) is 46.4. The molecule has 1 aliphatic carbocycles. The molecule has 0 bridgehead atoms. The summed E-state index contributed by atoms with van der Waals surface area (Å²) < 4.78 is 5.44. The maximum atomic E-state index is 14.9. The summed E-state index contributed by atoms with van der Waals surface area (Å²) in [6, 6.07) is 28.8. The van der Waals surface area contributed by atoms with Gasteiger partial charge in [-0.2, -0.15) is 0 Å². The molecule has 1 saturated heterocycles. The van der Waals surface area contributed by atoms with Crippen LogP contribution in [-0.2, 0) is 6.42 Å². The van der Waals surface area contributed by atoms with Gasteiger partial charge < -0.3 is 9.64 Å². The molecule has 3 atom stereocenters. The van der Waals surface area contributed by atoms with Crippen molar-refractivity contribution in [1.82, 2.24) is 0 Å². The van der Waals surface area contributed by atoms with Crippen LogP contribution in [-0.4, -0.2) is 36.5 Å². The molecule has 2 aliphatic heterocycles. The Morgan fingerprint density at radius 3 is 2.09 bits per heavy atom. The van der Waals surface area contributed by atoms with E-state index in [1.54, 1.807) is 31.4 Å². The second-order valence-electron chi connectivity index (χ2n) is 12.2. The largest absolute Gasteiger partial charge is 0.497 e. The predicted molar refractivity (Wildman–Crippen MR) is 168 cm³/mol. The predicted octanol–water partition coefficient (Wildman–Crippen LogP) is 7.21. The minimum Gasteiger partial charge on any atom is -0.497 e. The van der Waals surface area contributed by atoms with Crippen molar-refractivity contribution < 1.29 is 19.1 Å². The number of nitrogens with zero attached hydrogens (tertiary/aromatic N) is 1. The Kier molecular flexibility index (Phi) is 6.42. The van der Waals surface area contributed by atoms with E-state index in [-0.39, 0.29) is 17.3 Å². The van der Waals surface area contributed by atoms with E-state index in [1.165, 1.54) is 5.56 Å². The van der Waals surface area contributed by atoms with Gasteiger partial charge >= 0.3 is 0 Å². The molecular weight excluding hydrogens is 534 g/mol. The number of ether oxygens (including phenoxy) is 1. The molecule has 0 N–H and O–H groups in total. The Hall–Kier alpha value is -4.77. The van der Waals surface area contributed by atoms with Crippen LogP contribution < -0.4 is 9.64 Å². The lowest BCUT2D eigenvalue weighted by molar-refractivity contribution is 0.0666. The normalized spacial score (nSPS) is 21.2. The molecule has 0 unspecified atom stereocenters. The van der Waals surface area contributed by atoms with Crippen LogP contribution in [0.1, 0.15) is 67.5 Å². The summed E-state index contributed by atoms with van der Waals surface area (Å²) in [5.74, 6) is -0.148. The summed E-state index contributed by atoms with van der Waals surface area (Å²) in [5.41, 5.74) is 3.61. The summed E-state index contributed by atoms with van der Waals surface area (Å²) in [6.07, 6.45) is 4.86. The highest BCUT2D eigenvalue weighted by atomic mass is 16.5. The zero-order valence-corrected chi connectivity index (χ0v) is 24.5. The summed E-state index contributed by atoms with van der Waals surface area (Å²) in [7, 11) is 1.60. The standard InChI is InChI=1S/C38H33NO4/c1-23(2)22-24-12-14-27(15-13-24)35(40)34-33(26-16-19-28(43-3)20-17-26)38(36(41)29-9-5-6-10-30(29)37(38)42)32-21-18-25-8-4-7-11-31(25)39(32)34/h4-21,23,32-34H,22H2,1-3H3/t32-,33-,34+/m1/s1. The van der Waals surface area contributed by atoms with Gasteiger partial charge in [-0.05, 0) is 47.2 Å². The number of benzene rings is 4. The first-order chi connectivity index (χ1) is 20.9. The smallest absolute Gasteiger partial charge is 0.185 e. The van der Waals surface area contributed by atoms with Crippen molar-refractivity contribution in [3.8, 4) is 5.75 Å². The van der Waals surface area contributed by atoms with E-state index >= 15 is 0 Å². The van der Waals surface area contributed by atoms with Crippen molar-refractivity contribution in [1.29, 1.82) is 0 Å². The van der Waals surface area contributed by atoms with Crippen molar-refractivity contribution in [2.24, 2.45) is 11.3 Å². The van der Waals surface area contributed by atoms with Crippen LogP contribution in [0.5, 0.6) is 5.75 Å². The summed E-state index contributed by atoms with van der Waals surface area (Å²) in [6.45, 7) is 4.34. The van der Waals surface area contributed by atoms with Gasteiger partial charge in [0.15, 0.2) is 17.3 Å². The number of fused-ring (bicyclic) bond motifs is 5. The molecule has 5 heteroatoms. The molecule has 0 saturated carbocycles. The molecule has 1 spiro atoms. The molecule has 0 amide bonds. The summed E-state index contributed by atoms with van der Waals surface area (Å²) >= 11 is 0. The fourth-order valence-corrected chi connectivity index (χ4v) is 7.55. The fourth-order valence-electron chi connectivity index (χ4n) is 7.55. The number of Topliss-reactive ketones (excluding diaryl/α,β-unsaturated/α-hetero) is 3. The molecule has 0 aromatic heterocycles. The highest BCUT2D eigenvalue weighted by molar-refractivity contribution is 6.32. The second kappa shape index (κ2) is 10.2. The zero-order chi connectivity index (χ0) is 29.9. The van der Waals surface area contributed by atoms with Gasteiger partial charge in [-0.3, -0.25) is 14.4 Å². The van der Waals surface area contributed by atoms with Crippen LogP contribution in [0, 0.1) is 11.3 Å². The third kappa shape index (κ3) is 3.94. The first-order valence-electron chi connectivity index (χ1n) is 14.9. The monoisotopic (exact) mass is 567 g/mol. The molecular formula is C38H33NO4. The van der Waals surface area contributed by atoms with Crippen molar-refractivity contribution in [3.05, 3.63) is 137 Å². The average Bonchev–Trinajstić information content (AvgIpc) is 3.47. The second-order valence-corrected chi connectivity index (χ2v) is 12.2. The Bertz CT molecular complexity index is 1750. The molecule has 4 aromatic carbocycles. The molecule has 7 rings (SSSR count). The van der Waals surface area contributed by atoms with Gasteiger partial charge in [0, 0.05) is 28.3 Å². The van der Waals surface area contributed by atoms with E-state index in [0.29, 0.717) is 28.4 Å². The van der Waals surface area contributed by atoms with Crippen LogP contribution in [0.3, 0.4) is 0 Å². The number of carbonyl (C=O) groups is 3. The van der Waals surface area contributed by atoms with Gasteiger partial charge in [0.2, 0.25) is 0 Å². The molecule has 4 aromatic rings. The molecule has 1 fully saturated rings. The maximum absolute atomic E-state index is 14.9. The zero-order valence-electron chi connectivity index (χ0n) is 24.5. The van der Waals surface area contributed by atoms with Gasteiger partial charge in [-0.15, -0.1) is 0 Å². The van der Waals surface area contributed by atoms with E-state index in [1.807, 2.05) is 84.9 Å². The lowest BCUT2D eigenvalue weighted by Crippen LogP contribution is -2.48. The van der Waals surface area contributed by atoms with Gasteiger partial charge in [0.25, 0.3) is 0 Å². The van der Waals surface area contributed by atoms with Crippen molar-refractivity contribution >= 4 is 29.1 Å². The maximum Gasteiger partial charge on any atom is 0.185 e. The Labute approximate surface area is 251 Å². The van der Waals surface area contributed by atoms with Crippen molar-refractivity contribution in [2.75, 3.05) is 12.0 Å².